The summed E-state index contributed by atoms with van der Waals surface area (Å²) in [7, 11) is 1.58. The van der Waals surface area contributed by atoms with Gasteiger partial charge < -0.3 is 24.6 Å². The molecule has 1 aromatic carbocycles. The summed E-state index contributed by atoms with van der Waals surface area (Å²) in [4.78, 5) is 27.7. The molecular formula is C27H40N2O6. The molecule has 1 aromatic rings. The molecule has 0 bridgehead atoms. The van der Waals surface area contributed by atoms with Gasteiger partial charge in [-0.25, -0.2) is 4.79 Å². The molecule has 3 N–H and O–H groups in total. The van der Waals surface area contributed by atoms with E-state index in [2.05, 4.69) is 12.2 Å². The summed E-state index contributed by atoms with van der Waals surface area (Å²) >= 11 is 0. The molecule has 4 rings (SSSR count). The molecule has 2 amide bonds. The molecule has 1 saturated heterocycles. The van der Waals surface area contributed by atoms with Gasteiger partial charge in [0.1, 0.15) is 11.9 Å². The third-order valence-corrected chi connectivity index (χ3v) is 9.12. The Balaban J connectivity index is 1.48. The van der Waals surface area contributed by atoms with Gasteiger partial charge >= 0.3 is 6.09 Å². The van der Waals surface area contributed by atoms with Gasteiger partial charge in [0.15, 0.2) is 0 Å². The van der Waals surface area contributed by atoms with Crippen LogP contribution in [0.4, 0.5) is 10.5 Å². The van der Waals surface area contributed by atoms with Crippen LogP contribution in [-0.2, 0) is 9.53 Å². The number of benzene rings is 1. The Morgan fingerprint density at radius 2 is 1.80 bits per heavy atom. The van der Waals surface area contributed by atoms with Crippen LogP contribution in [0, 0.1) is 22.7 Å². The molecule has 8 nitrogen and oxygen atoms in total. The zero-order valence-electron chi connectivity index (χ0n) is 21.2. The molecule has 2 saturated carbocycles. The lowest BCUT2D eigenvalue weighted by Crippen LogP contribution is -2.61. The van der Waals surface area contributed by atoms with E-state index in [1.54, 1.807) is 31.4 Å². The van der Waals surface area contributed by atoms with E-state index in [9.17, 15) is 19.8 Å². The number of nitrogens with zero attached hydrogens (tertiary/aromatic N) is 1. The first-order chi connectivity index (χ1) is 16.7. The second kappa shape index (κ2) is 10.3. The van der Waals surface area contributed by atoms with Crippen molar-refractivity contribution in [2.24, 2.45) is 22.7 Å². The fraction of sp³-hybridized carbons (Fsp3) is 0.704. The van der Waals surface area contributed by atoms with E-state index in [-0.39, 0.29) is 29.8 Å². The van der Waals surface area contributed by atoms with Crippen LogP contribution in [0.15, 0.2) is 24.3 Å². The molecule has 6 atom stereocenters. The van der Waals surface area contributed by atoms with Gasteiger partial charge in [-0.1, -0.05) is 13.8 Å². The molecule has 3 aliphatic rings. The number of fused-ring (bicyclic) bond motifs is 1. The molecule has 8 heteroatoms. The number of nitrogens with one attached hydrogen (secondary N) is 1. The number of rotatable bonds is 6. The Bertz CT molecular complexity index is 901. The summed E-state index contributed by atoms with van der Waals surface area (Å²) in [5.74, 6) is 0.665. The number of aliphatic hydroxyl groups is 2. The lowest BCUT2D eigenvalue weighted by Gasteiger charge is -2.60. The molecule has 1 aliphatic heterocycles. The average Bonchev–Trinajstić information content (AvgIpc) is 3.39. The summed E-state index contributed by atoms with van der Waals surface area (Å²) in [6.45, 7) is 5.61. The third kappa shape index (κ3) is 5.00. The largest absolute Gasteiger partial charge is 0.497 e. The first kappa shape index (κ1) is 25.8. The van der Waals surface area contributed by atoms with Gasteiger partial charge in [0.25, 0.3) is 0 Å². The Labute approximate surface area is 208 Å². The van der Waals surface area contributed by atoms with Crippen molar-refractivity contribution in [3.8, 4) is 5.75 Å². The number of hydrogen-bond acceptors (Lipinski definition) is 6. The van der Waals surface area contributed by atoms with E-state index in [0.29, 0.717) is 30.7 Å². The van der Waals surface area contributed by atoms with Gasteiger partial charge in [-0.2, -0.15) is 0 Å². The van der Waals surface area contributed by atoms with Gasteiger partial charge in [-0.05, 0) is 80.0 Å². The Hall–Kier alpha value is -2.32. The quantitative estimate of drug-likeness (QED) is 0.562. The number of aliphatic hydroxyl groups excluding tert-OH is 2. The molecule has 2 aliphatic carbocycles. The molecule has 0 aromatic heterocycles. The highest BCUT2D eigenvalue weighted by Gasteiger charge is 2.60. The van der Waals surface area contributed by atoms with Crippen LogP contribution in [0.5, 0.6) is 5.75 Å². The molecule has 0 unspecified atom stereocenters. The van der Waals surface area contributed by atoms with Gasteiger partial charge in [-0.15, -0.1) is 0 Å². The topological polar surface area (TPSA) is 108 Å². The summed E-state index contributed by atoms with van der Waals surface area (Å²) < 4.78 is 11.1. The molecule has 3 fully saturated rings. The number of amides is 2. The van der Waals surface area contributed by atoms with Crippen LogP contribution in [0.2, 0.25) is 0 Å². The maximum Gasteiger partial charge on any atom is 0.411 e. The van der Waals surface area contributed by atoms with Crippen LogP contribution in [-0.4, -0.2) is 66.1 Å². The first-order valence-electron chi connectivity index (χ1n) is 12.9. The zero-order valence-corrected chi connectivity index (χ0v) is 21.2. The van der Waals surface area contributed by atoms with Crippen molar-refractivity contribution in [3.05, 3.63) is 24.3 Å². The van der Waals surface area contributed by atoms with Crippen LogP contribution >= 0.6 is 0 Å². The van der Waals surface area contributed by atoms with Gasteiger partial charge in [0, 0.05) is 30.6 Å². The summed E-state index contributed by atoms with van der Waals surface area (Å²) in [5.41, 5.74) is -0.390. The standard InChI is InChI=1S/C27H40N2O6/c1-26-13-12-23(35-25(33)28-18-6-8-19(34-3)9-7-18)27(2,17-30)22(26)11-10-21(31)20(26)16-24(32)29-14-4-5-15-29/h6-9,20-23,30-31H,4-5,10-17H2,1-3H3,(H,28,33)/t20-,21-,22+,23-,26+,27+/m1/s1. The van der Waals surface area contributed by atoms with E-state index in [0.717, 1.165) is 38.8 Å². The molecule has 35 heavy (non-hydrogen) atoms. The Kier molecular flexibility index (Phi) is 7.62. The predicted molar refractivity (Wildman–Crippen MR) is 132 cm³/mol. The number of carbonyl (C=O) groups excluding carboxylic acids is 2. The van der Waals surface area contributed by atoms with Crippen molar-refractivity contribution in [2.45, 2.75) is 71.0 Å². The summed E-state index contributed by atoms with van der Waals surface area (Å²) in [5, 5.41) is 24.3. The number of ether oxygens (including phenoxy) is 2. The maximum atomic E-state index is 13.0. The van der Waals surface area contributed by atoms with Crippen molar-refractivity contribution >= 4 is 17.7 Å². The number of hydrogen-bond donors (Lipinski definition) is 3. The van der Waals surface area contributed by atoms with Crippen molar-refractivity contribution in [1.29, 1.82) is 0 Å². The highest BCUT2D eigenvalue weighted by Crippen LogP contribution is 2.61. The van der Waals surface area contributed by atoms with Crippen LogP contribution < -0.4 is 10.1 Å². The van der Waals surface area contributed by atoms with Crippen LogP contribution in [0.3, 0.4) is 0 Å². The number of methoxy groups -OCH3 is 1. The Morgan fingerprint density at radius 3 is 2.43 bits per heavy atom. The minimum Gasteiger partial charge on any atom is -0.497 e. The lowest BCUT2D eigenvalue weighted by atomic mass is 9.46. The van der Waals surface area contributed by atoms with Crippen LogP contribution in [0.25, 0.3) is 0 Å². The lowest BCUT2D eigenvalue weighted by molar-refractivity contribution is -0.186. The number of likely N-dealkylation sites (tertiary alicyclic amines) is 1. The van der Waals surface area contributed by atoms with Gasteiger partial charge in [0.2, 0.25) is 5.91 Å². The van der Waals surface area contributed by atoms with E-state index in [4.69, 9.17) is 9.47 Å². The predicted octanol–water partition coefficient (Wildman–Crippen LogP) is 3.81. The van der Waals surface area contributed by atoms with Crippen molar-refractivity contribution in [2.75, 3.05) is 32.1 Å². The average molecular weight is 489 g/mol. The van der Waals surface area contributed by atoms with E-state index in [1.807, 2.05) is 11.8 Å². The van der Waals surface area contributed by atoms with Crippen molar-refractivity contribution in [3.63, 3.8) is 0 Å². The molecule has 194 valence electrons. The highest BCUT2D eigenvalue weighted by molar-refractivity contribution is 5.84. The van der Waals surface area contributed by atoms with E-state index in [1.165, 1.54) is 0 Å². The third-order valence-electron chi connectivity index (χ3n) is 9.12. The second-order valence-electron chi connectivity index (χ2n) is 11.1. The van der Waals surface area contributed by atoms with Crippen LogP contribution in [0.1, 0.15) is 58.8 Å². The monoisotopic (exact) mass is 488 g/mol. The summed E-state index contributed by atoms with van der Waals surface area (Å²) in [6.07, 6.45) is 3.46. The normalized spacial score (nSPS) is 34.7. The minimum atomic E-state index is -0.667. The first-order valence-corrected chi connectivity index (χ1v) is 12.9. The fourth-order valence-corrected chi connectivity index (χ4v) is 7.01. The maximum absolute atomic E-state index is 13.0. The number of carbonyl (C=O) groups is 2. The summed E-state index contributed by atoms with van der Waals surface area (Å²) in [6, 6.07) is 7.01. The van der Waals surface area contributed by atoms with Crippen molar-refractivity contribution in [1.82, 2.24) is 4.90 Å². The molecule has 1 heterocycles. The highest BCUT2D eigenvalue weighted by atomic mass is 16.6. The minimum absolute atomic E-state index is 0.0207. The van der Waals surface area contributed by atoms with E-state index >= 15 is 0 Å². The molecular weight excluding hydrogens is 448 g/mol. The SMILES string of the molecule is COc1ccc(NC(=O)O[C@@H]2CC[C@]3(C)[C@H](CC[C@@H](O)[C@H]3CC(=O)N3CCCC3)[C@]2(C)CO)cc1. The Morgan fingerprint density at radius 1 is 1.11 bits per heavy atom. The van der Waals surface area contributed by atoms with Gasteiger partial charge in [0.05, 0.1) is 19.8 Å². The van der Waals surface area contributed by atoms with Crippen molar-refractivity contribution < 1.29 is 29.3 Å². The number of anilines is 1. The second-order valence-corrected chi connectivity index (χ2v) is 11.1. The molecule has 0 spiro atoms. The zero-order chi connectivity index (χ0) is 25.2. The fourth-order valence-electron chi connectivity index (χ4n) is 7.01. The van der Waals surface area contributed by atoms with E-state index < -0.39 is 23.7 Å². The molecule has 0 radical (unpaired) electrons. The van der Waals surface area contributed by atoms with Gasteiger partial charge in [-0.3, -0.25) is 10.1 Å². The smallest absolute Gasteiger partial charge is 0.411 e.